The minimum atomic E-state index is 0. The fourth-order valence-corrected chi connectivity index (χ4v) is 1.72. The molecule has 0 aliphatic carbocycles. The van der Waals surface area contributed by atoms with Crippen molar-refractivity contribution in [3.05, 3.63) is 29.6 Å². The number of hydrogen-bond acceptors (Lipinski definition) is 3. The summed E-state index contributed by atoms with van der Waals surface area (Å²) in [4.78, 5) is 6.67. The van der Waals surface area contributed by atoms with E-state index in [1.54, 1.807) is 0 Å². The Bertz CT molecular complexity index is 322. The zero-order valence-corrected chi connectivity index (χ0v) is 12.0. The molecule has 1 rings (SSSR count). The summed E-state index contributed by atoms with van der Waals surface area (Å²) >= 11 is 0. The summed E-state index contributed by atoms with van der Waals surface area (Å²) in [7, 11) is 2.11. The van der Waals surface area contributed by atoms with E-state index in [0.717, 1.165) is 18.8 Å². The molecule has 1 aromatic heterocycles. The normalized spacial score (nSPS) is 11.4. The third kappa shape index (κ3) is 6.01. The number of aryl methyl sites for hydroxylation is 1. The average Bonchev–Trinajstić information content (AvgIpc) is 2.21. The molecule has 0 spiro atoms. The van der Waals surface area contributed by atoms with Crippen LogP contribution in [0.2, 0.25) is 0 Å². The monoisotopic (exact) mass is 257 g/mol. The second-order valence-corrected chi connectivity index (χ2v) is 5.37. The lowest BCUT2D eigenvalue weighted by Gasteiger charge is -2.28. The Labute approximate surface area is 111 Å². The standard InChI is InChI=1S/C13H23N3.ClH/c1-11-5-6-12(15-7-11)8-16(4)10-13(2,3)9-14;/h5-7H,8-10,14H2,1-4H3;1H. The summed E-state index contributed by atoms with van der Waals surface area (Å²) in [5.41, 5.74) is 8.21. The van der Waals surface area contributed by atoms with Crippen LogP contribution in [-0.2, 0) is 6.54 Å². The summed E-state index contributed by atoms with van der Waals surface area (Å²) in [6.45, 7) is 9.00. The van der Waals surface area contributed by atoms with E-state index in [2.05, 4.69) is 49.8 Å². The highest BCUT2D eigenvalue weighted by molar-refractivity contribution is 5.85. The smallest absolute Gasteiger partial charge is 0.0544 e. The molecule has 0 bridgehead atoms. The van der Waals surface area contributed by atoms with Gasteiger partial charge in [-0.2, -0.15) is 0 Å². The maximum absolute atomic E-state index is 5.73. The van der Waals surface area contributed by atoms with Crippen molar-refractivity contribution >= 4 is 12.4 Å². The molecule has 0 saturated heterocycles. The Morgan fingerprint density at radius 1 is 1.35 bits per heavy atom. The fourth-order valence-electron chi connectivity index (χ4n) is 1.72. The Kier molecular flexibility index (Phi) is 6.68. The van der Waals surface area contributed by atoms with E-state index < -0.39 is 0 Å². The number of halogens is 1. The lowest BCUT2D eigenvalue weighted by atomic mass is 9.93. The van der Waals surface area contributed by atoms with Gasteiger partial charge in [-0.25, -0.2) is 0 Å². The molecular weight excluding hydrogens is 234 g/mol. The minimum absolute atomic E-state index is 0. The van der Waals surface area contributed by atoms with Gasteiger partial charge < -0.3 is 5.73 Å². The van der Waals surface area contributed by atoms with Gasteiger partial charge in [0.1, 0.15) is 0 Å². The van der Waals surface area contributed by atoms with Crippen LogP contribution >= 0.6 is 12.4 Å². The van der Waals surface area contributed by atoms with Gasteiger partial charge in [-0.15, -0.1) is 12.4 Å². The first-order valence-corrected chi connectivity index (χ1v) is 5.73. The van der Waals surface area contributed by atoms with Gasteiger partial charge in [0, 0.05) is 19.3 Å². The van der Waals surface area contributed by atoms with Crippen LogP contribution in [0.5, 0.6) is 0 Å². The van der Waals surface area contributed by atoms with Crippen LogP contribution in [0.3, 0.4) is 0 Å². The first-order valence-electron chi connectivity index (χ1n) is 5.73. The van der Waals surface area contributed by atoms with Gasteiger partial charge in [0.05, 0.1) is 5.69 Å². The third-order valence-electron chi connectivity index (χ3n) is 2.66. The van der Waals surface area contributed by atoms with Crippen molar-refractivity contribution in [2.45, 2.75) is 27.3 Å². The zero-order valence-electron chi connectivity index (χ0n) is 11.2. The average molecular weight is 258 g/mol. The number of nitrogens with two attached hydrogens (primary N) is 1. The first kappa shape index (κ1) is 16.4. The Morgan fingerprint density at radius 3 is 2.47 bits per heavy atom. The largest absolute Gasteiger partial charge is 0.330 e. The van der Waals surface area contributed by atoms with Gasteiger partial charge in [0.2, 0.25) is 0 Å². The van der Waals surface area contributed by atoms with Gasteiger partial charge in [0.25, 0.3) is 0 Å². The van der Waals surface area contributed by atoms with E-state index in [9.17, 15) is 0 Å². The lowest BCUT2D eigenvalue weighted by molar-refractivity contribution is 0.208. The molecule has 0 saturated carbocycles. The van der Waals surface area contributed by atoms with Crippen molar-refractivity contribution in [3.63, 3.8) is 0 Å². The van der Waals surface area contributed by atoms with Gasteiger partial charge in [0.15, 0.2) is 0 Å². The number of nitrogens with zero attached hydrogens (tertiary/aromatic N) is 2. The number of pyridine rings is 1. The van der Waals surface area contributed by atoms with E-state index >= 15 is 0 Å². The van der Waals surface area contributed by atoms with Crippen molar-refractivity contribution in [2.75, 3.05) is 20.1 Å². The molecule has 2 N–H and O–H groups in total. The maximum Gasteiger partial charge on any atom is 0.0544 e. The molecule has 0 aliphatic rings. The first-order chi connectivity index (χ1) is 7.43. The van der Waals surface area contributed by atoms with Gasteiger partial charge >= 0.3 is 0 Å². The molecule has 0 radical (unpaired) electrons. The van der Waals surface area contributed by atoms with Gasteiger partial charge in [-0.3, -0.25) is 9.88 Å². The molecule has 0 aliphatic heterocycles. The van der Waals surface area contributed by atoms with Crippen molar-refractivity contribution < 1.29 is 0 Å². The molecule has 4 heteroatoms. The van der Waals surface area contributed by atoms with Crippen LogP contribution in [0.1, 0.15) is 25.1 Å². The third-order valence-corrected chi connectivity index (χ3v) is 2.66. The Balaban J connectivity index is 0.00000256. The molecule has 1 aromatic rings. The fraction of sp³-hybridized carbons (Fsp3) is 0.615. The summed E-state index contributed by atoms with van der Waals surface area (Å²) in [5.74, 6) is 0. The Hall–Kier alpha value is -0.640. The number of rotatable bonds is 5. The molecule has 0 unspecified atom stereocenters. The maximum atomic E-state index is 5.73. The molecule has 0 amide bonds. The molecule has 0 aromatic carbocycles. The number of hydrogen-bond donors (Lipinski definition) is 1. The molecule has 3 nitrogen and oxygen atoms in total. The summed E-state index contributed by atoms with van der Waals surface area (Å²) in [6.07, 6.45) is 1.91. The van der Waals surface area contributed by atoms with Crippen LogP contribution in [0.4, 0.5) is 0 Å². The highest BCUT2D eigenvalue weighted by Crippen LogP contribution is 2.15. The lowest BCUT2D eigenvalue weighted by Crippen LogP contribution is -2.36. The van der Waals surface area contributed by atoms with Crippen molar-refractivity contribution in [1.29, 1.82) is 0 Å². The zero-order chi connectivity index (χ0) is 12.2. The molecule has 0 fully saturated rings. The molecule has 1 heterocycles. The van der Waals surface area contributed by atoms with E-state index in [0.29, 0.717) is 6.54 Å². The van der Waals surface area contributed by atoms with E-state index in [4.69, 9.17) is 5.73 Å². The van der Waals surface area contributed by atoms with Crippen molar-refractivity contribution in [2.24, 2.45) is 11.1 Å². The number of aromatic nitrogens is 1. The second kappa shape index (κ2) is 6.94. The van der Waals surface area contributed by atoms with E-state index in [-0.39, 0.29) is 17.8 Å². The highest BCUT2D eigenvalue weighted by Gasteiger charge is 2.18. The van der Waals surface area contributed by atoms with Crippen LogP contribution in [0.25, 0.3) is 0 Å². The molecule has 98 valence electrons. The quantitative estimate of drug-likeness (QED) is 0.880. The molecule has 17 heavy (non-hydrogen) atoms. The summed E-state index contributed by atoms with van der Waals surface area (Å²) in [5, 5.41) is 0. The van der Waals surface area contributed by atoms with Crippen molar-refractivity contribution in [3.8, 4) is 0 Å². The second-order valence-electron chi connectivity index (χ2n) is 5.37. The Morgan fingerprint density at radius 2 is 2.00 bits per heavy atom. The van der Waals surface area contributed by atoms with Crippen LogP contribution in [-0.4, -0.2) is 30.0 Å². The topological polar surface area (TPSA) is 42.1 Å². The van der Waals surface area contributed by atoms with Crippen LogP contribution < -0.4 is 5.73 Å². The van der Waals surface area contributed by atoms with E-state index in [1.807, 2.05) is 6.20 Å². The van der Waals surface area contributed by atoms with Crippen LogP contribution in [0, 0.1) is 12.3 Å². The van der Waals surface area contributed by atoms with Gasteiger partial charge in [-0.1, -0.05) is 19.9 Å². The van der Waals surface area contributed by atoms with Crippen LogP contribution in [0.15, 0.2) is 18.3 Å². The SMILES string of the molecule is Cc1ccc(CN(C)CC(C)(C)CN)nc1.Cl. The summed E-state index contributed by atoms with van der Waals surface area (Å²) < 4.78 is 0. The summed E-state index contributed by atoms with van der Waals surface area (Å²) in [6, 6.07) is 4.19. The van der Waals surface area contributed by atoms with Crippen molar-refractivity contribution in [1.82, 2.24) is 9.88 Å². The highest BCUT2D eigenvalue weighted by atomic mass is 35.5. The minimum Gasteiger partial charge on any atom is -0.330 e. The van der Waals surface area contributed by atoms with Gasteiger partial charge in [-0.05, 0) is 37.6 Å². The molecule has 0 atom stereocenters. The molecular formula is C13H24ClN3. The van der Waals surface area contributed by atoms with E-state index in [1.165, 1.54) is 5.56 Å². The predicted octanol–water partition coefficient (Wildman–Crippen LogP) is 2.23. The predicted molar refractivity (Wildman–Crippen MR) is 75.4 cm³/mol.